The van der Waals surface area contributed by atoms with Gasteiger partial charge in [0, 0.05) is 6.42 Å². The Hall–Kier alpha value is -1.51. The second-order valence-electron chi connectivity index (χ2n) is 6.67. The SMILES string of the molecule is CCOP(=O)(OCC)C(CCC#N)(c1cccc2ccccc12)P(=O)(OCC)OCC. The lowest BCUT2D eigenvalue weighted by molar-refractivity contribution is 0.174. The summed E-state index contributed by atoms with van der Waals surface area (Å²) in [4.78, 5) is -1.81. The Balaban J connectivity index is 3.07. The molecule has 0 aliphatic heterocycles. The zero-order chi connectivity index (χ0) is 23.0. The molecule has 0 spiro atoms. The van der Waals surface area contributed by atoms with Gasteiger partial charge >= 0.3 is 15.2 Å². The molecule has 2 aromatic rings. The van der Waals surface area contributed by atoms with Gasteiger partial charge in [0.2, 0.25) is 0 Å². The average molecular weight is 467 g/mol. The average Bonchev–Trinajstić information content (AvgIpc) is 2.75. The van der Waals surface area contributed by atoms with Crippen molar-refractivity contribution in [1.29, 1.82) is 5.26 Å². The first-order valence-electron chi connectivity index (χ1n) is 10.5. The van der Waals surface area contributed by atoms with Gasteiger partial charge in [0.15, 0.2) is 4.90 Å². The van der Waals surface area contributed by atoms with Gasteiger partial charge in [0.25, 0.3) is 0 Å². The van der Waals surface area contributed by atoms with Crippen LogP contribution in [0.3, 0.4) is 0 Å². The van der Waals surface area contributed by atoms with Crippen LogP contribution in [-0.2, 0) is 32.1 Å². The second-order valence-corrected chi connectivity index (χ2v) is 11.6. The molecule has 0 aliphatic carbocycles. The van der Waals surface area contributed by atoms with E-state index in [1.807, 2.05) is 30.3 Å². The molecule has 0 radical (unpaired) electrons. The maximum absolute atomic E-state index is 14.5. The van der Waals surface area contributed by atoms with Crippen molar-refractivity contribution in [1.82, 2.24) is 0 Å². The van der Waals surface area contributed by atoms with Gasteiger partial charge in [0.05, 0.1) is 32.5 Å². The van der Waals surface area contributed by atoms with Gasteiger partial charge in [-0.25, -0.2) is 0 Å². The number of nitriles is 1. The summed E-state index contributed by atoms with van der Waals surface area (Å²) in [7, 11) is -8.32. The monoisotopic (exact) mass is 467 g/mol. The molecule has 0 N–H and O–H groups in total. The van der Waals surface area contributed by atoms with E-state index in [1.165, 1.54) is 0 Å². The number of nitrogens with zero attached hydrogens (tertiary/aromatic N) is 1. The van der Waals surface area contributed by atoms with E-state index >= 15 is 0 Å². The first-order chi connectivity index (χ1) is 14.9. The third-order valence-corrected chi connectivity index (χ3v) is 11.5. The molecule has 0 unspecified atom stereocenters. The summed E-state index contributed by atoms with van der Waals surface area (Å²) in [6, 6.07) is 15.0. The zero-order valence-corrected chi connectivity index (χ0v) is 20.4. The minimum Gasteiger partial charge on any atom is -0.308 e. The van der Waals surface area contributed by atoms with Crippen LogP contribution in [0.25, 0.3) is 10.8 Å². The summed E-state index contributed by atoms with van der Waals surface area (Å²) in [5.74, 6) is 0. The van der Waals surface area contributed by atoms with Crippen molar-refractivity contribution in [3.63, 3.8) is 0 Å². The lowest BCUT2D eigenvalue weighted by Crippen LogP contribution is -2.31. The summed E-state index contributed by atoms with van der Waals surface area (Å²) in [6.07, 6.45) is -0.121. The highest BCUT2D eigenvalue weighted by molar-refractivity contribution is 7.73. The molecule has 0 aromatic heterocycles. The minimum atomic E-state index is -4.16. The van der Waals surface area contributed by atoms with Crippen molar-refractivity contribution in [2.75, 3.05) is 26.4 Å². The van der Waals surface area contributed by atoms with Crippen LogP contribution in [0.4, 0.5) is 0 Å². The molecule has 0 heterocycles. The van der Waals surface area contributed by atoms with Crippen molar-refractivity contribution in [2.24, 2.45) is 0 Å². The first-order valence-corrected chi connectivity index (χ1v) is 13.6. The molecule has 0 saturated carbocycles. The highest BCUT2D eigenvalue weighted by Gasteiger charge is 2.66. The quantitative estimate of drug-likeness (QED) is 0.298. The third-order valence-electron chi connectivity index (χ3n) is 4.91. The van der Waals surface area contributed by atoms with E-state index in [0.29, 0.717) is 5.56 Å². The fraction of sp³-hybridized carbons (Fsp3) is 0.500. The second kappa shape index (κ2) is 11.4. The van der Waals surface area contributed by atoms with E-state index in [4.69, 9.17) is 18.1 Å². The van der Waals surface area contributed by atoms with Crippen LogP contribution in [0.2, 0.25) is 0 Å². The van der Waals surface area contributed by atoms with Crippen LogP contribution in [0, 0.1) is 11.3 Å². The molecule has 0 aliphatic rings. The molecule has 0 saturated heterocycles. The highest BCUT2D eigenvalue weighted by atomic mass is 31.2. The zero-order valence-electron chi connectivity index (χ0n) is 18.6. The normalized spacial score (nSPS) is 12.7. The molecule has 0 amide bonds. The van der Waals surface area contributed by atoms with Gasteiger partial charge in [-0.3, -0.25) is 9.13 Å². The lowest BCUT2D eigenvalue weighted by Gasteiger charge is -2.42. The van der Waals surface area contributed by atoms with Crippen molar-refractivity contribution in [2.45, 2.75) is 45.4 Å². The Morgan fingerprint density at radius 1 is 0.806 bits per heavy atom. The fourth-order valence-electron chi connectivity index (χ4n) is 3.84. The lowest BCUT2D eigenvalue weighted by atomic mass is 9.99. The van der Waals surface area contributed by atoms with Gasteiger partial charge in [-0.05, 0) is 50.5 Å². The van der Waals surface area contributed by atoms with Gasteiger partial charge in [0.1, 0.15) is 0 Å². The van der Waals surface area contributed by atoms with Gasteiger partial charge in [-0.15, -0.1) is 0 Å². The topological polar surface area (TPSA) is 94.9 Å². The van der Waals surface area contributed by atoms with Gasteiger partial charge < -0.3 is 18.1 Å². The van der Waals surface area contributed by atoms with Crippen LogP contribution < -0.4 is 0 Å². The molecular formula is C22H31NO6P2. The summed E-state index contributed by atoms with van der Waals surface area (Å²) in [5, 5.41) is 11.0. The van der Waals surface area contributed by atoms with Crippen LogP contribution >= 0.6 is 15.2 Å². The summed E-state index contributed by atoms with van der Waals surface area (Å²) in [6.45, 7) is 7.02. The Labute approximate surface area is 184 Å². The molecule has 0 bridgehead atoms. The molecule has 9 heteroatoms. The Bertz CT molecular complexity index is 948. The molecular weight excluding hydrogens is 436 g/mol. The fourth-order valence-corrected chi connectivity index (χ4v) is 9.85. The summed E-state index contributed by atoms with van der Waals surface area (Å²) in [5.41, 5.74) is 0.469. The molecule has 7 nitrogen and oxygen atoms in total. The Morgan fingerprint density at radius 2 is 1.29 bits per heavy atom. The van der Waals surface area contributed by atoms with E-state index in [1.54, 1.807) is 39.8 Å². The standard InChI is InChI=1S/C22H31NO6P2/c1-5-26-30(24,27-6-2)22(17-12-18-23,31(25,28-7-3)29-8-4)21-16-11-14-19-13-9-10-15-20(19)21/h9-11,13-16H,5-8,12,17H2,1-4H3. The molecule has 0 atom stereocenters. The van der Waals surface area contributed by atoms with E-state index in [-0.39, 0.29) is 39.3 Å². The maximum atomic E-state index is 14.5. The molecule has 2 aromatic carbocycles. The highest BCUT2D eigenvalue weighted by Crippen LogP contribution is 2.84. The maximum Gasteiger partial charge on any atom is 0.353 e. The predicted molar refractivity (Wildman–Crippen MR) is 122 cm³/mol. The summed E-state index contributed by atoms with van der Waals surface area (Å²) < 4.78 is 52.1. The number of hydrogen-bond donors (Lipinski definition) is 0. The van der Waals surface area contributed by atoms with Crippen LogP contribution in [0.15, 0.2) is 42.5 Å². The van der Waals surface area contributed by atoms with E-state index in [9.17, 15) is 14.4 Å². The van der Waals surface area contributed by atoms with Crippen molar-refractivity contribution in [3.05, 3.63) is 48.0 Å². The Kier molecular flexibility index (Phi) is 9.45. The predicted octanol–water partition coefficient (Wildman–Crippen LogP) is 6.83. The minimum absolute atomic E-state index is 0.0441. The van der Waals surface area contributed by atoms with Crippen LogP contribution in [-0.4, -0.2) is 26.4 Å². The van der Waals surface area contributed by atoms with E-state index < -0.39 is 20.1 Å². The smallest absolute Gasteiger partial charge is 0.308 e. The van der Waals surface area contributed by atoms with E-state index in [2.05, 4.69) is 6.07 Å². The molecule has 2 rings (SSSR count). The van der Waals surface area contributed by atoms with Crippen molar-refractivity contribution in [3.8, 4) is 6.07 Å². The van der Waals surface area contributed by atoms with Gasteiger partial charge in [-0.2, -0.15) is 5.26 Å². The largest absolute Gasteiger partial charge is 0.353 e. The van der Waals surface area contributed by atoms with Crippen molar-refractivity contribution >= 4 is 26.0 Å². The number of benzene rings is 2. The van der Waals surface area contributed by atoms with Gasteiger partial charge in [-0.1, -0.05) is 42.5 Å². The van der Waals surface area contributed by atoms with Crippen LogP contribution in [0.1, 0.15) is 46.1 Å². The summed E-state index contributed by atoms with van der Waals surface area (Å²) >= 11 is 0. The molecule has 170 valence electrons. The number of fused-ring (bicyclic) bond motifs is 1. The first kappa shape index (κ1) is 25.7. The molecule has 31 heavy (non-hydrogen) atoms. The van der Waals surface area contributed by atoms with Crippen LogP contribution in [0.5, 0.6) is 0 Å². The number of rotatable bonds is 13. The molecule has 0 fully saturated rings. The third kappa shape index (κ3) is 4.81. The number of hydrogen-bond acceptors (Lipinski definition) is 7. The van der Waals surface area contributed by atoms with Crippen molar-refractivity contribution < 1.29 is 27.2 Å². The van der Waals surface area contributed by atoms with E-state index in [0.717, 1.165) is 10.8 Å². The Morgan fingerprint density at radius 3 is 1.77 bits per heavy atom.